The Kier molecular flexibility index (Phi) is 3.74. The lowest BCUT2D eigenvalue weighted by Crippen LogP contribution is -2.26. The van der Waals surface area contributed by atoms with Crippen LogP contribution in [0, 0.1) is 0 Å². The number of hydrazine groups is 1. The molecule has 1 aliphatic rings. The Bertz CT molecular complexity index is 336. The number of hydrogen-bond donors (Lipinski definition) is 2. The van der Waals surface area contributed by atoms with Gasteiger partial charge < -0.3 is 5.43 Å². The SMILES string of the molecule is CCCN(Cc1cc(NN)ccn1)C1CC1. The summed E-state index contributed by atoms with van der Waals surface area (Å²) >= 11 is 0. The van der Waals surface area contributed by atoms with Gasteiger partial charge in [-0.15, -0.1) is 0 Å². The van der Waals surface area contributed by atoms with Gasteiger partial charge in [-0.25, -0.2) is 0 Å². The molecular weight excluding hydrogens is 200 g/mol. The predicted molar refractivity (Wildman–Crippen MR) is 65.8 cm³/mol. The maximum atomic E-state index is 5.39. The molecule has 1 heterocycles. The van der Waals surface area contributed by atoms with Crippen LogP contribution in [0.3, 0.4) is 0 Å². The van der Waals surface area contributed by atoms with E-state index in [-0.39, 0.29) is 0 Å². The van der Waals surface area contributed by atoms with Crippen LogP contribution in [0.4, 0.5) is 5.69 Å². The summed E-state index contributed by atoms with van der Waals surface area (Å²) in [7, 11) is 0. The molecule has 1 fully saturated rings. The fourth-order valence-electron chi connectivity index (χ4n) is 1.98. The standard InChI is InChI=1S/C12H20N4/c1-2-7-16(12-3-4-12)9-11-8-10(15-13)5-6-14-11/h5-6,8,12H,2-4,7,9,13H2,1H3,(H,14,15). The zero-order valence-electron chi connectivity index (χ0n) is 9.82. The fourth-order valence-corrected chi connectivity index (χ4v) is 1.98. The zero-order valence-corrected chi connectivity index (χ0v) is 9.82. The molecule has 0 radical (unpaired) electrons. The van der Waals surface area contributed by atoms with Crippen LogP contribution < -0.4 is 11.3 Å². The molecule has 0 spiro atoms. The number of nitrogens with one attached hydrogen (secondary N) is 1. The van der Waals surface area contributed by atoms with Crippen LogP contribution in [0.25, 0.3) is 0 Å². The van der Waals surface area contributed by atoms with Crippen LogP contribution in [0.2, 0.25) is 0 Å². The van der Waals surface area contributed by atoms with Gasteiger partial charge in [-0.1, -0.05) is 6.92 Å². The summed E-state index contributed by atoms with van der Waals surface area (Å²) in [4.78, 5) is 6.90. The highest BCUT2D eigenvalue weighted by Crippen LogP contribution is 2.28. The van der Waals surface area contributed by atoms with Gasteiger partial charge >= 0.3 is 0 Å². The highest BCUT2D eigenvalue weighted by atomic mass is 15.2. The van der Waals surface area contributed by atoms with Gasteiger partial charge in [0, 0.05) is 18.8 Å². The summed E-state index contributed by atoms with van der Waals surface area (Å²) in [5.41, 5.74) is 4.68. The first-order chi connectivity index (χ1) is 7.83. The Morgan fingerprint density at radius 2 is 2.38 bits per heavy atom. The zero-order chi connectivity index (χ0) is 11.4. The molecular formula is C12H20N4. The number of nitrogens with zero attached hydrogens (tertiary/aromatic N) is 2. The van der Waals surface area contributed by atoms with Gasteiger partial charge in [-0.3, -0.25) is 15.7 Å². The molecule has 0 aliphatic heterocycles. The molecule has 1 aromatic rings. The second-order valence-electron chi connectivity index (χ2n) is 4.38. The van der Waals surface area contributed by atoms with Crippen molar-refractivity contribution in [1.29, 1.82) is 0 Å². The Labute approximate surface area is 96.8 Å². The topological polar surface area (TPSA) is 54.2 Å². The molecule has 4 nitrogen and oxygen atoms in total. The first kappa shape index (κ1) is 11.4. The average molecular weight is 220 g/mol. The first-order valence-electron chi connectivity index (χ1n) is 5.99. The van der Waals surface area contributed by atoms with E-state index in [4.69, 9.17) is 5.84 Å². The number of nitrogens with two attached hydrogens (primary N) is 1. The number of rotatable bonds is 6. The number of aromatic nitrogens is 1. The molecule has 1 saturated carbocycles. The summed E-state index contributed by atoms with van der Waals surface area (Å²) in [6.07, 6.45) is 5.69. The van der Waals surface area contributed by atoms with Gasteiger partial charge in [0.15, 0.2) is 0 Å². The number of anilines is 1. The molecule has 16 heavy (non-hydrogen) atoms. The molecule has 1 aromatic heterocycles. The van der Waals surface area contributed by atoms with Crippen molar-refractivity contribution in [3.63, 3.8) is 0 Å². The minimum Gasteiger partial charge on any atom is -0.324 e. The molecule has 0 atom stereocenters. The Hall–Kier alpha value is -1.13. The van der Waals surface area contributed by atoms with Crippen LogP contribution in [0.1, 0.15) is 31.9 Å². The maximum Gasteiger partial charge on any atom is 0.0565 e. The third-order valence-corrected chi connectivity index (χ3v) is 2.92. The van der Waals surface area contributed by atoms with Crippen molar-refractivity contribution in [3.05, 3.63) is 24.0 Å². The highest BCUT2D eigenvalue weighted by Gasteiger charge is 2.28. The largest absolute Gasteiger partial charge is 0.324 e. The first-order valence-corrected chi connectivity index (χ1v) is 5.99. The Morgan fingerprint density at radius 1 is 1.56 bits per heavy atom. The molecule has 1 aliphatic carbocycles. The van der Waals surface area contributed by atoms with E-state index < -0.39 is 0 Å². The Balaban J connectivity index is 1.99. The van der Waals surface area contributed by atoms with E-state index >= 15 is 0 Å². The Morgan fingerprint density at radius 3 is 3.00 bits per heavy atom. The van der Waals surface area contributed by atoms with E-state index in [2.05, 4.69) is 22.2 Å². The van der Waals surface area contributed by atoms with Gasteiger partial charge in [0.05, 0.1) is 11.4 Å². The number of pyridine rings is 1. The average Bonchev–Trinajstić information content (AvgIpc) is 3.13. The predicted octanol–water partition coefficient (Wildman–Crippen LogP) is 1.74. The van der Waals surface area contributed by atoms with Gasteiger partial charge in [-0.05, 0) is 37.9 Å². The van der Waals surface area contributed by atoms with Crippen molar-refractivity contribution in [3.8, 4) is 0 Å². The van der Waals surface area contributed by atoms with Crippen molar-refractivity contribution in [2.45, 2.75) is 38.8 Å². The van der Waals surface area contributed by atoms with E-state index in [1.807, 2.05) is 18.3 Å². The summed E-state index contributed by atoms with van der Waals surface area (Å²) in [5.74, 6) is 5.39. The van der Waals surface area contributed by atoms with Crippen molar-refractivity contribution < 1.29 is 0 Å². The molecule has 0 aromatic carbocycles. The van der Waals surface area contributed by atoms with Crippen LogP contribution in [-0.2, 0) is 6.54 Å². The van der Waals surface area contributed by atoms with Crippen molar-refractivity contribution in [2.75, 3.05) is 12.0 Å². The summed E-state index contributed by atoms with van der Waals surface area (Å²) in [6, 6.07) is 4.69. The third-order valence-electron chi connectivity index (χ3n) is 2.92. The molecule has 0 saturated heterocycles. The van der Waals surface area contributed by atoms with E-state index in [0.29, 0.717) is 0 Å². The normalized spacial score (nSPS) is 15.4. The molecule has 2 rings (SSSR count). The van der Waals surface area contributed by atoms with Crippen molar-refractivity contribution in [2.24, 2.45) is 5.84 Å². The molecule has 0 amide bonds. The third kappa shape index (κ3) is 2.93. The molecule has 88 valence electrons. The van der Waals surface area contributed by atoms with Crippen LogP contribution in [-0.4, -0.2) is 22.5 Å². The second kappa shape index (κ2) is 5.27. The summed E-state index contributed by atoms with van der Waals surface area (Å²) in [6.45, 7) is 4.32. The van der Waals surface area contributed by atoms with Crippen LogP contribution in [0.15, 0.2) is 18.3 Å². The summed E-state index contributed by atoms with van der Waals surface area (Å²) < 4.78 is 0. The molecule has 0 unspecified atom stereocenters. The minimum absolute atomic E-state index is 0.788. The quantitative estimate of drug-likeness (QED) is 0.566. The van der Waals surface area contributed by atoms with E-state index in [1.165, 1.54) is 19.3 Å². The van der Waals surface area contributed by atoms with E-state index in [1.54, 1.807) is 0 Å². The van der Waals surface area contributed by atoms with Gasteiger partial charge in [0.1, 0.15) is 0 Å². The summed E-state index contributed by atoms with van der Waals surface area (Å²) in [5, 5.41) is 0. The molecule has 0 bridgehead atoms. The van der Waals surface area contributed by atoms with Crippen molar-refractivity contribution in [1.82, 2.24) is 9.88 Å². The lowest BCUT2D eigenvalue weighted by molar-refractivity contribution is 0.252. The van der Waals surface area contributed by atoms with Gasteiger partial charge in [0.25, 0.3) is 0 Å². The lowest BCUT2D eigenvalue weighted by atomic mass is 10.3. The monoisotopic (exact) mass is 220 g/mol. The van der Waals surface area contributed by atoms with E-state index in [0.717, 1.165) is 30.5 Å². The maximum absolute atomic E-state index is 5.39. The minimum atomic E-state index is 0.788. The van der Waals surface area contributed by atoms with Gasteiger partial charge in [-0.2, -0.15) is 0 Å². The lowest BCUT2D eigenvalue weighted by Gasteiger charge is -2.20. The van der Waals surface area contributed by atoms with Crippen molar-refractivity contribution >= 4 is 5.69 Å². The van der Waals surface area contributed by atoms with Crippen LogP contribution in [0.5, 0.6) is 0 Å². The molecule has 3 N–H and O–H groups in total. The highest BCUT2D eigenvalue weighted by molar-refractivity contribution is 5.41. The smallest absolute Gasteiger partial charge is 0.0565 e. The van der Waals surface area contributed by atoms with Gasteiger partial charge in [0.2, 0.25) is 0 Å². The number of nitrogen functional groups attached to an aromatic ring is 1. The van der Waals surface area contributed by atoms with Crippen LogP contribution >= 0.6 is 0 Å². The van der Waals surface area contributed by atoms with E-state index in [9.17, 15) is 0 Å². The fraction of sp³-hybridized carbons (Fsp3) is 0.583. The second-order valence-corrected chi connectivity index (χ2v) is 4.38. The molecule has 4 heteroatoms. The number of hydrogen-bond acceptors (Lipinski definition) is 4.